The lowest BCUT2D eigenvalue weighted by Gasteiger charge is -2.05. The third-order valence-electron chi connectivity index (χ3n) is 1.48. The third-order valence-corrected chi connectivity index (χ3v) is 1.48. The van der Waals surface area contributed by atoms with Crippen LogP contribution in [0.5, 0.6) is 0 Å². The number of ketones is 1. The van der Waals surface area contributed by atoms with E-state index in [0.717, 1.165) is 18.4 Å². The van der Waals surface area contributed by atoms with Crippen molar-refractivity contribution in [3.63, 3.8) is 0 Å². The molecule has 0 saturated heterocycles. The molecule has 0 unspecified atom stereocenters. The summed E-state index contributed by atoms with van der Waals surface area (Å²) in [6.45, 7) is 4.00. The quantitative estimate of drug-likeness (QED) is 0.605. The predicted octanol–water partition coefficient (Wildman–Crippen LogP) is 2.04. The van der Waals surface area contributed by atoms with Crippen LogP contribution in [0, 0.1) is 0 Å². The first-order valence-corrected chi connectivity index (χ1v) is 4.42. The molecular weight excluding hydrogens is 150 g/mol. The second kappa shape index (κ2) is 6.65. The summed E-state index contributed by atoms with van der Waals surface area (Å²) in [7, 11) is 1.80. The highest BCUT2D eigenvalue weighted by Gasteiger charge is 2.07. The highest BCUT2D eigenvalue weighted by molar-refractivity contribution is 6.04. The van der Waals surface area contributed by atoms with E-state index in [1.165, 1.54) is 0 Å². The first-order valence-electron chi connectivity index (χ1n) is 4.42. The normalized spacial score (nSPS) is 18.6. The van der Waals surface area contributed by atoms with Crippen molar-refractivity contribution in [1.82, 2.24) is 5.32 Å². The molecule has 0 aliphatic heterocycles. The summed E-state index contributed by atoms with van der Waals surface area (Å²) >= 11 is 0. The van der Waals surface area contributed by atoms with Crippen molar-refractivity contribution in [2.75, 3.05) is 7.05 Å². The number of allylic oxidation sites excluding steroid dienone is 3. The van der Waals surface area contributed by atoms with Crippen molar-refractivity contribution in [3.8, 4) is 0 Å². The number of carbonyl (C=O) groups is 1. The van der Waals surface area contributed by atoms with Gasteiger partial charge in [-0.05, 0) is 18.9 Å². The fourth-order valence-electron chi connectivity index (χ4n) is 0.977. The van der Waals surface area contributed by atoms with Gasteiger partial charge in [0.2, 0.25) is 0 Å². The van der Waals surface area contributed by atoms with Crippen LogP contribution >= 0.6 is 0 Å². The van der Waals surface area contributed by atoms with Crippen LogP contribution in [-0.4, -0.2) is 12.8 Å². The number of rotatable bonds is 1. The predicted molar refractivity (Wildman–Crippen MR) is 51.9 cm³/mol. The van der Waals surface area contributed by atoms with E-state index in [2.05, 4.69) is 5.32 Å². The molecule has 0 atom stereocenters. The zero-order valence-corrected chi connectivity index (χ0v) is 8.05. The Bertz CT molecular complexity index is 192. The van der Waals surface area contributed by atoms with Gasteiger partial charge in [-0.25, -0.2) is 0 Å². The van der Waals surface area contributed by atoms with E-state index in [9.17, 15) is 4.79 Å². The van der Waals surface area contributed by atoms with E-state index < -0.39 is 0 Å². The molecule has 0 radical (unpaired) electrons. The maximum atomic E-state index is 11.0. The molecule has 0 aromatic rings. The first-order chi connectivity index (χ1) is 5.84. The van der Waals surface area contributed by atoms with Crippen LogP contribution in [0.1, 0.15) is 26.7 Å². The zero-order chi connectivity index (χ0) is 9.40. The lowest BCUT2D eigenvalue weighted by Crippen LogP contribution is -2.07. The van der Waals surface area contributed by atoms with Crippen LogP contribution in [0.25, 0.3) is 0 Å². The Morgan fingerprint density at radius 3 is 2.67 bits per heavy atom. The molecule has 1 aliphatic carbocycles. The second-order valence-electron chi connectivity index (χ2n) is 2.26. The number of hydrogen-bond donors (Lipinski definition) is 1. The minimum absolute atomic E-state index is 0.139. The minimum Gasteiger partial charge on any atom is -0.394 e. The standard InChI is InChI=1S/C8H11NO.C2H6/c1-9-6-7-4-2-3-5-8(7)10;1-2/h3,5-6,9H,2,4H2,1H3;1-2H3/b7-6-;. The molecular formula is C10H17NO. The van der Waals surface area contributed by atoms with Gasteiger partial charge < -0.3 is 5.32 Å². The van der Waals surface area contributed by atoms with Gasteiger partial charge in [-0.15, -0.1) is 0 Å². The molecule has 1 aliphatic rings. The summed E-state index contributed by atoms with van der Waals surface area (Å²) in [6.07, 6.45) is 7.17. The topological polar surface area (TPSA) is 29.1 Å². The Morgan fingerprint density at radius 2 is 2.17 bits per heavy atom. The van der Waals surface area contributed by atoms with Crippen LogP contribution in [-0.2, 0) is 4.79 Å². The molecule has 1 rings (SSSR count). The Labute approximate surface area is 74.4 Å². The van der Waals surface area contributed by atoms with Crippen LogP contribution in [0.15, 0.2) is 23.9 Å². The summed E-state index contributed by atoms with van der Waals surface area (Å²) in [5, 5.41) is 2.85. The van der Waals surface area contributed by atoms with Gasteiger partial charge in [-0.3, -0.25) is 4.79 Å². The Balaban J connectivity index is 0.000000561. The van der Waals surface area contributed by atoms with Crippen molar-refractivity contribution in [3.05, 3.63) is 23.9 Å². The fourth-order valence-corrected chi connectivity index (χ4v) is 0.977. The number of carbonyl (C=O) groups excluding carboxylic acids is 1. The van der Waals surface area contributed by atoms with Gasteiger partial charge in [0.15, 0.2) is 5.78 Å². The zero-order valence-electron chi connectivity index (χ0n) is 8.05. The summed E-state index contributed by atoms with van der Waals surface area (Å²) in [5.41, 5.74) is 0.880. The van der Waals surface area contributed by atoms with E-state index in [1.807, 2.05) is 19.9 Å². The molecule has 1 N–H and O–H groups in total. The summed E-state index contributed by atoms with van der Waals surface area (Å²) in [6, 6.07) is 0. The van der Waals surface area contributed by atoms with Crippen LogP contribution in [0.3, 0.4) is 0 Å². The maximum Gasteiger partial charge on any atom is 0.182 e. The van der Waals surface area contributed by atoms with Gasteiger partial charge in [-0.2, -0.15) is 0 Å². The molecule has 0 aromatic carbocycles. The highest BCUT2D eigenvalue weighted by atomic mass is 16.1. The molecule has 0 aromatic heterocycles. The van der Waals surface area contributed by atoms with Crippen molar-refractivity contribution in [2.45, 2.75) is 26.7 Å². The molecule has 68 valence electrons. The van der Waals surface area contributed by atoms with Gasteiger partial charge in [-0.1, -0.05) is 19.9 Å². The van der Waals surface area contributed by atoms with Gasteiger partial charge in [0.1, 0.15) is 0 Å². The van der Waals surface area contributed by atoms with Crippen molar-refractivity contribution in [1.29, 1.82) is 0 Å². The molecule has 12 heavy (non-hydrogen) atoms. The molecule has 0 saturated carbocycles. The lowest BCUT2D eigenvalue weighted by atomic mass is 10.0. The summed E-state index contributed by atoms with van der Waals surface area (Å²) in [4.78, 5) is 11.0. The first kappa shape index (κ1) is 11.0. The third kappa shape index (κ3) is 3.37. The van der Waals surface area contributed by atoms with Gasteiger partial charge in [0, 0.05) is 18.8 Å². The molecule has 0 spiro atoms. The average molecular weight is 167 g/mol. The molecule has 0 fully saturated rings. The summed E-state index contributed by atoms with van der Waals surface area (Å²) in [5.74, 6) is 0.139. The van der Waals surface area contributed by atoms with E-state index in [0.29, 0.717) is 0 Å². The van der Waals surface area contributed by atoms with E-state index in [-0.39, 0.29) is 5.78 Å². The average Bonchev–Trinajstić information content (AvgIpc) is 2.13. The highest BCUT2D eigenvalue weighted by Crippen LogP contribution is 2.12. The Morgan fingerprint density at radius 1 is 1.50 bits per heavy atom. The number of hydrogen-bond acceptors (Lipinski definition) is 2. The molecule has 0 amide bonds. The molecule has 2 nitrogen and oxygen atoms in total. The minimum atomic E-state index is 0.139. The van der Waals surface area contributed by atoms with Crippen LogP contribution < -0.4 is 5.32 Å². The van der Waals surface area contributed by atoms with Gasteiger partial charge >= 0.3 is 0 Å². The van der Waals surface area contributed by atoms with E-state index in [4.69, 9.17) is 0 Å². The number of nitrogens with one attached hydrogen (secondary N) is 1. The monoisotopic (exact) mass is 167 g/mol. The lowest BCUT2D eigenvalue weighted by molar-refractivity contribution is -0.111. The second-order valence-corrected chi connectivity index (χ2v) is 2.26. The molecule has 2 heteroatoms. The van der Waals surface area contributed by atoms with Crippen LogP contribution in [0.2, 0.25) is 0 Å². The van der Waals surface area contributed by atoms with Gasteiger partial charge in [0.05, 0.1) is 0 Å². The van der Waals surface area contributed by atoms with Crippen molar-refractivity contribution < 1.29 is 4.79 Å². The Kier molecular flexibility index (Phi) is 6.07. The SMILES string of the molecule is CC.CN/C=C1/CCC=CC1=O. The van der Waals surface area contributed by atoms with Gasteiger partial charge in [0.25, 0.3) is 0 Å². The van der Waals surface area contributed by atoms with E-state index in [1.54, 1.807) is 19.3 Å². The van der Waals surface area contributed by atoms with E-state index >= 15 is 0 Å². The van der Waals surface area contributed by atoms with Crippen LogP contribution in [0.4, 0.5) is 0 Å². The smallest absolute Gasteiger partial charge is 0.182 e. The molecule has 0 heterocycles. The molecule has 0 bridgehead atoms. The van der Waals surface area contributed by atoms with Crippen molar-refractivity contribution in [2.24, 2.45) is 0 Å². The summed E-state index contributed by atoms with van der Waals surface area (Å²) < 4.78 is 0. The fraction of sp³-hybridized carbons (Fsp3) is 0.500. The van der Waals surface area contributed by atoms with Crippen molar-refractivity contribution >= 4 is 5.78 Å². The Hall–Kier alpha value is -1.05. The maximum absolute atomic E-state index is 11.0. The largest absolute Gasteiger partial charge is 0.394 e.